The van der Waals surface area contributed by atoms with E-state index in [0.29, 0.717) is 13.2 Å². The summed E-state index contributed by atoms with van der Waals surface area (Å²) in [5.74, 6) is 0.771. The van der Waals surface area contributed by atoms with Gasteiger partial charge in [-0.2, -0.15) is 0 Å². The molecule has 0 atom stereocenters. The second kappa shape index (κ2) is 6.19. The summed E-state index contributed by atoms with van der Waals surface area (Å²) in [6.45, 7) is 1.05. The third-order valence-corrected chi connectivity index (χ3v) is 6.39. The summed E-state index contributed by atoms with van der Waals surface area (Å²) in [4.78, 5) is 21.3. The zero-order chi connectivity index (χ0) is 15.8. The van der Waals surface area contributed by atoms with Crippen molar-refractivity contribution in [2.24, 2.45) is 0 Å². The van der Waals surface area contributed by atoms with Crippen LogP contribution >= 0.6 is 22.7 Å². The molecule has 0 aromatic carbocycles. The van der Waals surface area contributed by atoms with Crippen LogP contribution in [0.25, 0.3) is 20.9 Å². The maximum absolute atomic E-state index is 13.2. The number of ether oxygens (including phenoxy) is 1. The van der Waals surface area contributed by atoms with Gasteiger partial charge in [0.2, 0.25) is 0 Å². The van der Waals surface area contributed by atoms with Gasteiger partial charge in [-0.25, -0.2) is 4.98 Å². The largest absolute Gasteiger partial charge is 0.383 e. The maximum Gasteiger partial charge on any atom is 0.262 e. The van der Waals surface area contributed by atoms with E-state index >= 15 is 0 Å². The first-order valence-corrected chi connectivity index (χ1v) is 9.57. The minimum Gasteiger partial charge on any atom is -0.383 e. The van der Waals surface area contributed by atoms with Gasteiger partial charge >= 0.3 is 0 Å². The smallest absolute Gasteiger partial charge is 0.262 e. The Balaban J connectivity index is 1.99. The Morgan fingerprint density at radius 1 is 1.35 bits per heavy atom. The van der Waals surface area contributed by atoms with Gasteiger partial charge in [-0.3, -0.25) is 9.36 Å². The number of fused-ring (bicyclic) bond motifs is 3. The molecule has 3 aromatic rings. The Morgan fingerprint density at radius 2 is 2.22 bits per heavy atom. The van der Waals surface area contributed by atoms with Crippen molar-refractivity contribution in [2.75, 3.05) is 13.7 Å². The highest BCUT2D eigenvalue weighted by molar-refractivity contribution is 7.19. The van der Waals surface area contributed by atoms with Crippen LogP contribution in [0.4, 0.5) is 0 Å². The van der Waals surface area contributed by atoms with Crippen molar-refractivity contribution < 1.29 is 4.74 Å². The Bertz CT molecular complexity index is 894. The predicted molar refractivity (Wildman–Crippen MR) is 95.7 cm³/mol. The van der Waals surface area contributed by atoms with Gasteiger partial charge in [-0.05, 0) is 42.7 Å². The summed E-state index contributed by atoms with van der Waals surface area (Å²) in [5, 5.41) is 2.87. The van der Waals surface area contributed by atoms with E-state index in [2.05, 4.69) is 0 Å². The quantitative estimate of drug-likeness (QED) is 0.723. The molecular weight excluding hydrogens is 328 g/mol. The molecule has 0 spiro atoms. The van der Waals surface area contributed by atoms with E-state index < -0.39 is 0 Å². The van der Waals surface area contributed by atoms with E-state index in [0.717, 1.165) is 33.8 Å². The minimum atomic E-state index is 0.0925. The molecule has 23 heavy (non-hydrogen) atoms. The average molecular weight is 346 g/mol. The zero-order valence-corrected chi connectivity index (χ0v) is 14.6. The van der Waals surface area contributed by atoms with Gasteiger partial charge in [-0.1, -0.05) is 6.07 Å². The number of hydrogen-bond acceptors (Lipinski definition) is 5. The molecule has 0 saturated heterocycles. The van der Waals surface area contributed by atoms with Gasteiger partial charge < -0.3 is 4.74 Å². The van der Waals surface area contributed by atoms with Crippen LogP contribution in [0.2, 0.25) is 0 Å². The Hall–Kier alpha value is -1.50. The highest BCUT2D eigenvalue weighted by Crippen LogP contribution is 2.35. The number of hydrogen-bond donors (Lipinski definition) is 0. The van der Waals surface area contributed by atoms with Gasteiger partial charge in [0.25, 0.3) is 5.56 Å². The van der Waals surface area contributed by atoms with Gasteiger partial charge in [0.15, 0.2) is 5.82 Å². The molecule has 0 fully saturated rings. The van der Waals surface area contributed by atoms with Gasteiger partial charge in [0, 0.05) is 12.0 Å². The Kier molecular flexibility index (Phi) is 4.05. The highest BCUT2D eigenvalue weighted by Gasteiger charge is 2.22. The fourth-order valence-electron chi connectivity index (χ4n) is 3.22. The van der Waals surface area contributed by atoms with Crippen LogP contribution in [0, 0.1) is 0 Å². The van der Waals surface area contributed by atoms with Crippen molar-refractivity contribution in [1.82, 2.24) is 9.55 Å². The summed E-state index contributed by atoms with van der Waals surface area (Å²) in [6, 6.07) is 4.02. The molecule has 4 rings (SSSR count). The van der Waals surface area contributed by atoms with Gasteiger partial charge in [-0.15, -0.1) is 22.7 Å². The Labute approximate surface area is 142 Å². The van der Waals surface area contributed by atoms with E-state index in [-0.39, 0.29) is 5.56 Å². The van der Waals surface area contributed by atoms with E-state index in [1.165, 1.54) is 23.3 Å². The number of rotatable bonds is 4. The van der Waals surface area contributed by atoms with Crippen LogP contribution in [0.5, 0.6) is 0 Å². The molecule has 0 radical (unpaired) electrons. The lowest BCUT2D eigenvalue weighted by atomic mass is 9.97. The van der Waals surface area contributed by atoms with Crippen molar-refractivity contribution in [3.8, 4) is 10.7 Å². The highest BCUT2D eigenvalue weighted by atomic mass is 32.1. The number of aromatic nitrogens is 2. The third-order valence-electron chi connectivity index (χ3n) is 4.34. The fourth-order valence-corrected chi connectivity index (χ4v) is 5.20. The summed E-state index contributed by atoms with van der Waals surface area (Å²) in [6.07, 6.45) is 4.48. The molecule has 0 N–H and O–H groups in total. The first-order valence-electron chi connectivity index (χ1n) is 7.87. The lowest BCUT2D eigenvalue weighted by molar-refractivity contribution is 0.186. The lowest BCUT2D eigenvalue weighted by Crippen LogP contribution is -2.25. The van der Waals surface area contributed by atoms with Crippen molar-refractivity contribution in [1.29, 1.82) is 0 Å². The van der Waals surface area contributed by atoms with Crippen molar-refractivity contribution in [2.45, 2.75) is 32.2 Å². The molecule has 4 nitrogen and oxygen atoms in total. The monoisotopic (exact) mass is 346 g/mol. The van der Waals surface area contributed by atoms with Crippen LogP contribution in [0.3, 0.4) is 0 Å². The number of nitrogens with zero attached hydrogens (tertiary/aromatic N) is 2. The second-order valence-electron chi connectivity index (χ2n) is 5.75. The van der Waals surface area contributed by atoms with E-state index in [9.17, 15) is 4.79 Å². The van der Waals surface area contributed by atoms with Crippen molar-refractivity contribution >= 4 is 32.9 Å². The molecule has 6 heteroatoms. The summed E-state index contributed by atoms with van der Waals surface area (Å²) in [7, 11) is 1.66. The summed E-state index contributed by atoms with van der Waals surface area (Å²) in [5.41, 5.74) is 1.34. The normalized spacial score (nSPS) is 14.3. The topological polar surface area (TPSA) is 44.1 Å². The molecule has 120 valence electrons. The molecule has 0 amide bonds. The lowest BCUT2D eigenvalue weighted by Gasteiger charge is -2.12. The summed E-state index contributed by atoms with van der Waals surface area (Å²) >= 11 is 3.32. The average Bonchev–Trinajstić information content (AvgIpc) is 3.21. The van der Waals surface area contributed by atoms with Crippen LogP contribution in [-0.2, 0) is 24.1 Å². The third kappa shape index (κ3) is 2.55. The number of thiophene rings is 2. The SMILES string of the molecule is COCCn1c(-c2cccs2)nc2sc3c(c2c1=O)CCCC3. The number of aryl methyl sites for hydroxylation is 2. The predicted octanol–water partition coefficient (Wildman–Crippen LogP) is 3.71. The van der Waals surface area contributed by atoms with Crippen LogP contribution in [0.1, 0.15) is 23.3 Å². The molecule has 0 unspecified atom stereocenters. The van der Waals surface area contributed by atoms with E-state index in [1.807, 2.05) is 17.5 Å². The first-order chi connectivity index (χ1) is 11.3. The van der Waals surface area contributed by atoms with Crippen LogP contribution in [-0.4, -0.2) is 23.3 Å². The van der Waals surface area contributed by atoms with Crippen molar-refractivity contribution in [3.05, 3.63) is 38.3 Å². The number of methoxy groups -OCH3 is 1. The molecule has 3 aromatic heterocycles. The Morgan fingerprint density at radius 3 is 3.00 bits per heavy atom. The maximum atomic E-state index is 13.2. The molecule has 3 heterocycles. The van der Waals surface area contributed by atoms with Gasteiger partial charge in [0.1, 0.15) is 4.83 Å². The molecular formula is C17H18N2O2S2. The van der Waals surface area contributed by atoms with Crippen LogP contribution < -0.4 is 5.56 Å². The standard InChI is InChI=1S/C17H18N2O2S2/c1-21-9-8-19-15(13-7-4-10-22-13)18-16-14(17(19)20)11-5-2-3-6-12(11)23-16/h4,7,10H,2-3,5-6,8-9H2,1H3. The van der Waals surface area contributed by atoms with Crippen LogP contribution in [0.15, 0.2) is 22.3 Å². The van der Waals surface area contributed by atoms with Crippen molar-refractivity contribution in [3.63, 3.8) is 0 Å². The second-order valence-corrected chi connectivity index (χ2v) is 7.78. The molecule has 1 aliphatic rings. The zero-order valence-electron chi connectivity index (χ0n) is 13.0. The van der Waals surface area contributed by atoms with E-state index in [4.69, 9.17) is 9.72 Å². The fraction of sp³-hybridized carbons (Fsp3) is 0.412. The summed E-state index contributed by atoms with van der Waals surface area (Å²) < 4.78 is 6.99. The van der Waals surface area contributed by atoms with Gasteiger partial charge in [0.05, 0.1) is 23.4 Å². The molecule has 0 saturated carbocycles. The minimum absolute atomic E-state index is 0.0925. The molecule has 0 bridgehead atoms. The van der Waals surface area contributed by atoms with E-state index in [1.54, 1.807) is 34.4 Å². The molecule has 0 aliphatic heterocycles. The molecule has 1 aliphatic carbocycles. The first kappa shape index (κ1) is 15.1.